The Balaban J connectivity index is 2.11. The first kappa shape index (κ1) is 10.9. The number of hydrogen-bond acceptors (Lipinski definition) is 5. The van der Waals surface area contributed by atoms with Crippen LogP contribution in [0.4, 0.5) is 5.82 Å². The van der Waals surface area contributed by atoms with Crippen molar-refractivity contribution in [2.24, 2.45) is 0 Å². The molecule has 1 aromatic heterocycles. The van der Waals surface area contributed by atoms with Gasteiger partial charge in [0, 0.05) is 26.2 Å². The normalized spacial score (nSPS) is 15.6. The maximum atomic E-state index is 9.21. The van der Waals surface area contributed by atoms with E-state index in [0.29, 0.717) is 11.5 Å². The molecule has 0 amide bonds. The van der Waals surface area contributed by atoms with Crippen molar-refractivity contribution in [3.05, 3.63) is 30.0 Å². The Bertz CT molecular complexity index is 610. The molecule has 2 aromatic rings. The molecule has 0 bridgehead atoms. The van der Waals surface area contributed by atoms with Crippen LogP contribution in [0.2, 0.25) is 0 Å². The molecule has 0 saturated carbocycles. The molecule has 1 aliphatic heterocycles. The van der Waals surface area contributed by atoms with Crippen LogP contribution in [0, 0.1) is 11.3 Å². The number of nitriles is 1. The zero-order valence-corrected chi connectivity index (χ0v) is 9.93. The smallest absolute Gasteiger partial charge is 0.183 e. The SMILES string of the molecule is N#Cc1nc2ccccc2nc1N1CCNCC1. The summed E-state index contributed by atoms with van der Waals surface area (Å²) in [6, 6.07) is 9.80. The van der Waals surface area contributed by atoms with Gasteiger partial charge in [-0.05, 0) is 12.1 Å². The van der Waals surface area contributed by atoms with Gasteiger partial charge in [-0.2, -0.15) is 5.26 Å². The summed E-state index contributed by atoms with van der Waals surface area (Å²) >= 11 is 0. The fourth-order valence-electron chi connectivity index (χ4n) is 2.16. The van der Waals surface area contributed by atoms with Crippen molar-refractivity contribution in [3.63, 3.8) is 0 Å². The minimum absolute atomic E-state index is 0.413. The Morgan fingerprint density at radius 3 is 2.44 bits per heavy atom. The summed E-state index contributed by atoms with van der Waals surface area (Å²) in [6.07, 6.45) is 0. The molecule has 0 spiro atoms. The molecule has 5 nitrogen and oxygen atoms in total. The lowest BCUT2D eigenvalue weighted by atomic mass is 10.2. The fourth-order valence-corrected chi connectivity index (χ4v) is 2.16. The molecule has 1 N–H and O–H groups in total. The average molecular weight is 239 g/mol. The number of rotatable bonds is 1. The van der Waals surface area contributed by atoms with E-state index in [1.165, 1.54) is 0 Å². The third-order valence-electron chi connectivity index (χ3n) is 3.07. The van der Waals surface area contributed by atoms with Gasteiger partial charge in [-0.15, -0.1) is 0 Å². The van der Waals surface area contributed by atoms with Crippen molar-refractivity contribution in [1.29, 1.82) is 5.26 Å². The van der Waals surface area contributed by atoms with Crippen LogP contribution < -0.4 is 10.2 Å². The van der Waals surface area contributed by atoms with Gasteiger partial charge in [-0.25, -0.2) is 9.97 Å². The van der Waals surface area contributed by atoms with Crippen LogP contribution in [-0.4, -0.2) is 36.1 Å². The van der Waals surface area contributed by atoms with Gasteiger partial charge in [-0.3, -0.25) is 0 Å². The van der Waals surface area contributed by atoms with E-state index in [2.05, 4.69) is 26.3 Å². The molecule has 0 aliphatic carbocycles. The standard InChI is InChI=1S/C13H13N5/c14-9-12-13(18-7-5-15-6-8-18)17-11-4-2-1-3-10(11)16-12/h1-4,15H,5-8H2. The summed E-state index contributed by atoms with van der Waals surface area (Å²) in [5.74, 6) is 0.706. The quantitative estimate of drug-likeness (QED) is 0.801. The van der Waals surface area contributed by atoms with Crippen molar-refractivity contribution in [3.8, 4) is 6.07 Å². The highest BCUT2D eigenvalue weighted by atomic mass is 15.2. The van der Waals surface area contributed by atoms with Crippen LogP contribution in [0.5, 0.6) is 0 Å². The van der Waals surface area contributed by atoms with Crippen LogP contribution >= 0.6 is 0 Å². The topological polar surface area (TPSA) is 64.8 Å². The largest absolute Gasteiger partial charge is 0.352 e. The lowest BCUT2D eigenvalue weighted by Gasteiger charge is -2.28. The number of para-hydroxylation sites is 2. The van der Waals surface area contributed by atoms with Gasteiger partial charge in [0.05, 0.1) is 11.0 Å². The van der Waals surface area contributed by atoms with Crippen molar-refractivity contribution in [2.75, 3.05) is 31.1 Å². The monoisotopic (exact) mass is 239 g/mol. The van der Waals surface area contributed by atoms with E-state index in [1.807, 2.05) is 24.3 Å². The Kier molecular flexibility index (Phi) is 2.79. The van der Waals surface area contributed by atoms with Gasteiger partial charge < -0.3 is 10.2 Å². The van der Waals surface area contributed by atoms with E-state index < -0.39 is 0 Å². The van der Waals surface area contributed by atoms with Gasteiger partial charge >= 0.3 is 0 Å². The zero-order chi connectivity index (χ0) is 12.4. The lowest BCUT2D eigenvalue weighted by Crippen LogP contribution is -2.44. The second-order valence-electron chi connectivity index (χ2n) is 4.23. The molecule has 0 unspecified atom stereocenters. The van der Waals surface area contributed by atoms with E-state index in [0.717, 1.165) is 37.2 Å². The second kappa shape index (κ2) is 4.59. The molecule has 1 saturated heterocycles. The molecular weight excluding hydrogens is 226 g/mol. The van der Waals surface area contributed by atoms with Crippen molar-refractivity contribution >= 4 is 16.9 Å². The summed E-state index contributed by atoms with van der Waals surface area (Å²) in [7, 11) is 0. The third-order valence-corrected chi connectivity index (χ3v) is 3.07. The number of benzene rings is 1. The van der Waals surface area contributed by atoms with Crippen molar-refractivity contribution < 1.29 is 0 Å². The summed E-state index contributed by atoms with van der Waals surface area (Å²) in [5, 5.41) is 12.5. The molecule has 0 radical (unpaired) electrons. The van der Waals surface area contributed by atoms with Gasteiger partial charge in [-0.1, -0.05) is 12.1 Å². The van der Waals surface area contributed by atoms with Crippen LogP contribution in [0.1, 0.15) is 5.69 Å². The van der Waals surface area contributed by atoms with Crippen LogP contribution in [0.15, 0.2) is 24.3 Å². The number of hydrogen-bond donors (Lipinski definition) is 1. The Labute approximate surface area is 105 Å². The molecule has 0 atom stereocenters. The first-order chi connectivity index (χ1) is 8.88. The molecule has 3 rings (SSSR count). The number of piperazine rings is 1. The fraction of sp³-hybridized carbons (Fsp3) is 0.308. The van der Waals surface area contributed by atoms with E-state index >= 15 is 0 Å². The number of nitrogens with zero attached hydrogens (tertiary/aromatic N) is 4. The van der Waals surface area contributed by atoms with Crippen LogP contribution in [0.25, 0.3) is 11.0 Å². The molecule has 1 aromatic carbocycles. The van der Waals surface area contributed by atoms with Crippen molar-refractivity contribution in [1.82, 2.24) is 15.3 Å². The third kappa shape index (κ3) is 1.87. The summed E-state index contributed by atoms with van der Waals surface area (Å²) < 4.78 is 0. The molecular formula is C13H13N5. The van der Waals surface area contributed by atoms with Crippen LogP contribution in [-0.2, 0) is 0 Å². The predicted molar refractivity (Wildman–Crippen MR) is 69.3 cm³/mol. The first-order valence-electron chi connectivity index (χ1n) is 6.01. The van der Waals surface area contributed by atoms with Gasteiger partial charge in [0.25, 0.3) is 0 Å². The number of fused-ring (bicyclic) bond motifs is 1. The maximum Gasteiger partial charge on any atom is 0.183 e. The molecule has 90 valence electrons. The average Bonchev–Trinajstić information content (AvgIpc) is 2.46. The number of anilines is 1. The maximum absolute atomic E-state index is 9.21. The van der Waals surface area contributed by atoms with Gasteiger partial charge in [0.15, 0.2) is 11.5 Å². The van der Waals surface area contributed by atoms with Gasteiger partial charge in [0.2, 0.25) is 0 Å². The molecule has 2 heterocycles. The Morgan fingerprint density at radius 2 is 1.78 bits per heavy atom. The Morgan fingerprint density at radius 1 is 1.11 bits per heavy atom. The molecule has 18 heavy (non-hydrogen) atoms. The summed E-state index contributed by atoms with van der Waals surface area (Å²) in [4.78, 5) is 11.1. The van der Waals surface area contributed by atoms with E-state index in [-0.39, 0.29) is 0 Å². The summed E-state index contributed by atoms with van der Waals surface area (Å²) in [6.45, 7) is 3.56. The minimum Gasteiger partial charge on any atom is -0.352 e. The first-order valence-corrected chi connectivity index (χ1v) is 6.01. The Hall–Kier alpha value is -2.19. The minimum atomic E-state index is 0.413. The highest BCUT2D eigenvalue weighted by Gasteiger charge is 2.17. The van der Waals surface area contributed by atoms with Gasteiger partial charge in [0.1, 0.15) is 6.07 Å². The van der Waals surface area contributed by atoms with Crippen molar-refractivity contribution in [2.45, 2.75) is 0 Å². The molecule has 1 aliphatic rings. The van der Waals surface area contributed by atoms with E-state index in [1.54, 1.807) is 0 Å². The second-order valence-corrected chi connectivity index (χ2v) is 4.23. The molecule has 1 fully saturated rings. The highest BCUT2D eigenvalue weighted by molar-refractivity contribution is 5.77. The number of aromatic nitrogens is 2. The zero-order valence-electron chi connectivity index (χ0n) is 9.93. The summed E-state index contributed by atoms with van der Waals surface area (Å²) in [5.41, 5.74) is 2.02. The number of nitrogens with one attached hydrogen (secondary N) is 1. The van der Waals surface area contributed by atoms with Crippen LogP contribution in [0.3, 0.4) is 0 Å². The lowest BCUT2D eigenvalue weighted by molar-refractivity contribution is 0.584. The highest BCUT2D eigenvalue weighted by Crippen LogP contribution is 2.20. The van der Waals surface area contributed by atoms with E-state index in [9.17, 15) is 5.26 Å². The molecule has 5 heteroatoms. The predicted octanol–water partition coefficient (Wildman–Crippen LogP) is 0.911. The van der Waals surface area contributed by atoms with E-state index in [4.69, 9.17) is 0 Å².